The number of halogens is 3. The number of hydrogen-bond acceptors (Lipinski definition) is 4. The molecule has 0 radical (unpaired) electrons. The highest BCUT2D eigenvalue weighted by Crippen LogP contribution is 2.33. The molecule has 2 amide bonds. The van der Waals surface area contributed by atoms with Crippen LogP contribution in [0.3, 0.4) is 0 Å². The summed E-state index contributed by atoms with van der Waals surface area (Å²) >= 11 is 18.3. The van der Waals surface area contributed by atoms with Crippen LogP contribution in [0.5, 0.6) is 11.5 Å². The Balaban J connectivity index is 1.67. The highest BCUT2D eigenvalue weighted by atomic mass is 35.5. The number of rotatable bonds is 5. The maximum Gasteiger partial charge on any atom is 0.272 e. The minimum atomic E-state index is -0.604. The monoisotopic (exact) mass is 488 g/mol. The fraction of sp³-hybridized carbons (Fsp3) is 0.0435. The Kier molecular flexibility index (Phi) is 6.55. The zero-order valence-electron chi connectivity index (χ0n) is 16.3. The highest BCUT2D eigenvalue weighted by molar-refractivity contribution is 6.36. The van der Waals surface area contributed by atoms with Gasteiger partial charge in [0.05, 0.1) is 21.3 Å². The van der Waals surface area contributed by atoms with Gasteiger partial charge in [0.15, 0.2) is 11.5 Å². The van der Waals surface area contributed by atoms with Crippen LogP contribution in [-0.2, 0) is 4.79 Å². The molecule has 0 aliphatic carbocycles. The first-order valence-electron chi connectivity index (χ1n) is 9.34. The van der Waals surface area contributed by atoms with Crippen LogP contribution < -0.4 is 20.1 Å². The van der Waals surface area contributed by atoms with E-state index in [1.165, 1.54) is 12.1 Å². The number of ether oxygens (including phenoxy) is 2. The van der Waals surface area contributed by atoms with Crippen molar-refractivity contribution < 1.29 is 19.1 Å². The summed E-state index contributed by atoms with van der Waals surface area (Å²) in [6.45, 7) is 0.117. The summed E-state index contributed by atoms with van der Waals surface area (Å²) in [7, 11) is 0. The van der Waals surface area contributed by atoms with E-state index in [9.17, 15) is 9.59 Å². The molecule has 0 fully saturated rings. The lowest BCUT2D eigenvalue weighted by molar-refractivity contribution is -0.113. The first-order valence-corrected chi connectivity index (χ1v) is 10.5. The van der Waals surface area contributed by atoms with Crippen LogP contribution in [0.25, 0.3) is 6.08 Å². The molecule has 1 aliphatic rings. The van der Waals surface area contributed by atoms with Crippen LogP contribution in [-0.4, -0.2) is 18.6 Å². The predicted octanol–water partition coefficient (Wildman–Crippen LogP) is 5.79. The molecule has 1 aliphatic heterocycles. The van der Waals surface area contributed by atoms with Gasteiger partial charge in [0.1, 0.15) is 5.70 Å². The Bertz CT molecular complexity index is 1240. The zero-order chi connectivity index (χ0) is 22.7. The standard InChI is InChI=1S/C23H15Cl3N2O4/c24-14-6-7-17(26)18(11-14)27-23(30)19(28-22(29)15-3-1-2-4-16(15)25)9-13-5-8-20-21(10-13)32-12-31-20/h1-11H,12H2,(H,27,30)(H,28,29)/b19-9+. The number of fused-ring (bicyclic) bond motifs is 1. The van der Waals surface area contributed by atoms with Gasteiger partial charge in [-0.05, 0) is 54.1 Å². The lowest BCUT2D eigenvalue weighted by atomic mass is 10.1. The fourth-order valence-corrected chi connectivity index (χ4v) is 3.50. The SMILES string of the molecule is O=C(Nc1cc(Cl)ccc1Cl)/C(=C\c1ccc2c(c1)OCO2)NC(=O)c1ccccc1Cl. The van der Waals surface area contributed by atoms with E-state index in [4.69, 9.17) is 44.3 Å². The summed E-state index contributed by atoms with van der Waals surface area (Å²) in [6.07, 6.45) is 1.50. The van der Waals surface area contributed by atoms with Crippen molar-refractivity contribution in [3.63, 3.8) is 0 Å². The molecule has 9 heteroatoms. The molecule has 3 aromatic rings. The molecule has 2 N–H and O–H groups in total. The second-order valence-electron chi connectivity index (χ2n) is 6.68. The lowest BCUT2D eigenvalue weighted by Crippen LogP contribution is -2.31. The molecular formula is C23H15Cl3N2O4. The van der Waals surface area contributed by atoms with Crippen molar-refractivity contribution in [2.24, 2.45) is 0 Å². The van der Waals surface area contributed by atoms with Crippen molar-refractivity contribution in [3.8, 4) is 11.5 Å². The van der Waals surface area contributed by atoms with Crippen LogP contribution in [0.2, 0.25) is 15.1 Å². The Morgan fingerprint density at radius 1 is 0.875 bits per heavy atom. The summed E-state index contributed by atoms with van der Waals surface area (Å²) in [5.74, 6) is -0.0186. The van der Waals surface area contributed by atoms with Crippen LogP contribution in [0.1, 0.15) is 15.9 Å². The minimum absolute atomic E-state index is 0.0372. The molecule has 6 nitrogen and oxygen atoms in total. The van der Waals surface area contributed by atoms with E-state index in [-0.39, 0.29) is 23.1 Å². The third kappa shape index (κ3) is 4.99. The Hall–Kier alpha value is -3.19. The number of amides is 2. The molecule has 0 spiro atoms. The van der Waals surface area contributed by atoms with Crippen molar-refractivity contribution in [1.29, 1.82) is 0 Å². The van der Waals surface area contributed by atoms with E-state index in [0.29, 0.717) is 32.8 Å². The molecule has 0 bridgehead atoms. The van der Waals surface area contributed by atoms with Gasteiger partial charge in [-0.15, -0.1) is 0 Å². The normalized spacial score (nSPS) is 12.4. The van der Waals surface area contributed by atoms with E-state index < -0.39 is 11.8 Å². The summed E-state index contributed by atoms with van der Waals surface area (Å²) in [5, 5.41) is 6.23. The second-order valence-corrected chi connectivity index (χ2v) is 7.93. The Morgan fingerprint density at radius 2 is 1.66 bits per heavy atom. The Labute approximate surface area is 198 Å². The molecule has 32 heavy (non-hydrogen) atoms. The molecule has 1 heterocycles. The van der Waals surface area contributed by atoms with Gasteiger partial charge in [0, 0.05) is 5.02 Å². The predicted molar refractivity (Wildman–Crippen MR) is 125 cm³/mol. The number of nitrogens with one attached hydrogen (secondary N) is 2. The molecule has 162 valence electrons. The topological polar surface area (TPSA) is 76.7 Å². The second kappa shape index (κ2) is 9.53. The van der Waals surface area contributed by atoms with E-state index in [2.05, 4.69) is 10.6 Å². The third-order valence-corrected chi connectivity index (χ3v) is 5.39. The Morgan fingerprint density at radius 3 is 2.47 bits per heavy atom. The summed E-state index contributed by atoms with van der Waals surface area (Å²) in [5.41, 5.74) is 1.09. The molecule has 0 aromatic heterocycles. The third-order valence-electron chi connectivity index (χ3n) is 4.50. The van der Waals surface area contributed by atoms with Gasteiger partial charge < -0.3 is 20.1 Å². The van der Waals surface area contributed by atoms with Gasteiger partial charge in [-0.3, -0.25) is 9.59 Å². The molecule has 4 rings (SSSR count). The summed E-state index contributed by atoms with van der Waals surface area (Å²) in [4.78, 5) is 25.9. The summed E-state index contributed by atoms with van der Waals surface area (Å²) < 4.78 is 10.7. The molecule has 0 unspecified atom stereocenters. The maximum atomic E-state index is 13.1. The van der Waals surface area contributed by atoms with Gasteiger partial charge in [-0.1, -0.05) is 53.0 Å². The zero-order valence-corrected chi connectivity index (χ0v) is 18.6. The number of anilines is 1. The number of hydrogen-bond donors (Lipinski definition) is 2. The molecule has 0 atom stereocenters. The number of benzene rings is 3. The lowest BCUT2D eigenvalue weighted by Gasteiger charge is -2.13. The van der Waals surface area contributed by atoms with Crippen LogP contribution in [0.15, 0.2) is 66.4 Å². The smallest absolute Gasteiger partial charge is 0.272 e. The van der Waals surface area contributed by atoms with Crippen molar-refractivity contribution in [3.05, 3.63) is 92.6 Å². The fourth-order valence-electron chi connectivity index (χ4n) is 2.95. The number of carbonyl (C=O) groups is 2. The number of carbonyl (C=O) groups excluding carboxylic acids is 2. The average molecular weight is 490 g/mol. The van der Waals surface area contributed by atoms with Crippen molar-refractivity contribution in [1.82, 2.24) is 5.32 Å². The largest absolute Gasteiger partial charge is 0.454 e. The van der Waals surface area contributed by atoms with Gasteiger partial charge in [-0.2, -0.15) is 0 Å². The van der Waals surface area contributed by atoms with Crippen LogP contribution in [0.4, 0.5) is 5.69 Å². The van der Waals surface area contributed by atoms with Crippen LogP contribution >= 0.6 is 34.8 Å². The highest BCUT2D eigenvalue weighted by Gasteiger charge is 2.19. The van der Waals surface area contributed by atoms with Gasteiger partial charge in [0.25, 0.3) is 11.8 Å². The minimum Gasteiger partial charge on any atom is -0.454 e. The molecule has 0 saturated carbocycles. The summed E-state index contributed by atoms with van der Waals surface area (Å²) in [6, 6.07) is 16.3. The average Bonchev–Trinajstić information content (AvgIpc) is 3.24. The first kappa shape index (κ1) is 22.0. The molecule has 3 aromatic carbocycles. The quantitative estimate of drug-likeness (QED) is 0.445. The van der Waals surface area contributed by atoms with Crippen molar-refractivity contribution >= 4 is 58.4 Å². The van der Waals surface area contributed by atoms with Gasteiger partial charge in [-0.25, -0.2) is 0 Å². The van der Waals surface area contributed by atoms with E-state index in [1.807, 2.05) is 0 Å². The van der Waals surface area contributed by atoms with Crippen molar-refractivity contribution in [2.75, 3.05) is 12.1 Å². The van der Waals surface area contributed by atoms with Gasteiger partial charge in [0.2, 0.25) is 6.79 Å². The van der Waals surface area contributed by atoms with E-state index >= 15 is 0 Å². The maximum absolute atomic E-state index is 13.1. The van der Waals surface area contributed by atoms with E-state index in [0.717, 1.165) is 0 Å². The van der Waals surface area contributed by atoms with E-state index in [1.54, 1.807) is 54.6 Å². The van der Waals surface area contributed by atoms with Crippen LogP contribution in [0, 0.1) is 0 Å². The van der Waals surface area contributed by atoms with Gasteiger partial charge >= 0.3 is 0 Å². The molecule has 0 saturated heterocycles. The first-order chi connectivity index (χ1) is 15.4. The van der Waals surface area contributed by atoms with Crippen molar-refractivity contribution in [2.45, 2.75) is 0 Å². The molecular weight excluding hydrogens is 475 g/mol.